The van der Waals surface area contributed by atoms with Crippen LogP contribution in [0.2, 0.25) is 0 Å². The lowest BCUT2D eigenvalue weighted by Gasteiger charge is -2.25. The molecule has 0 unspecified atom stereocenters. The van der Waals surface area contributed by atoms with Crippen molar-refractivity contribution in [3.63, 3.8) is 0 Å². The molecule has 1 aromatic heterocycles. The van der Waals surface area contributed by atoms with Crippen LogP contribution in [0.25, 0.3) is 10.4 Å². The molecule has 0 radical (unpaired) electrons. The lowest BCUT2D eigenvalue weighted by molar-refractivity contribution is 0.281. The number of nitrogen functional groups attached to an aromatic ring is 1. The molecule has 0 saturated heterocycles. The van der Waals surface area contributed by atoms with E-state index in [0.717, 1.165) is 16.1 Å². The molecule has 0 amide bonds. The van der Waals surface area contributed by atoms with Crippen LogP contribution in [-0.4, -0.2) is 36.5 Å². The first-order valence-electron chi connectivity index (χ1n) is 6.16. The third-order valence-corrected chi connectivity index (χ3v) is 3.79. The molecule has 102 valence electrons. The van der Waals surface area contributed by atoms with Crippen molar-refractivity contribution in [3.05, 3.63) is 35.7 Å². The summed E-state index contributed by atoms with van der Waals surface area (Å²) < 4.78 is 0. The van der Waals surface area contributed by atoms with Gasteiger partial charge in [-0.2, -0.15) is 0 Å². The van der Waals surface area contributed by atoms with Crippen LogP contribution in [0.15, 0.2) is 35.7 Å². The minimum Gasteiger partial charge on any atom is -0.399 e. The van der Waals surface area contributed by atoms with Gasteiger partial charge in [-0.05, 0) is 29.6 Å². The lowest BCUT2D eigenvalue weighted by Crippen LogP contribution is -2.30. The third-order valence-electron chi connectivity index (χ3n) is 2.89. The highest BCUT2D eigenvalue weighted by atomic mass is 32.1. The molecule has 4 nitrogen and oxygen atoms in total. The molecule has 0 fully saturated rings. The van der Waals surface area contributed by atoms with Crippen molar-refractivity contribution in [1.82, 2.24) is 0 Å². The molecule has 0 aliphatic heterocycles. The molecule has 0 saturated carbocycles. The zero-order valence-electron chi connectivity index (χ0n) is 10.6. The Hall–Kier alpha value is -1.56. The summed E-state index contributed by atoms with van der Waals surface area (Å²) in [5.74, 6) is 0. The van der Waals surface area contributed by atoms with Gasteiger partial charge in [0.15, 0.2) is 0 Å². The van der Waals surface area contributed by atoms with Crippen molar-refractivity contribution >= 4 is 22.7 Å². The normalized spacial score (nSPS) is 10.6. The van der Waals surface area contributed by atoms with Gasteiger partial charge in [-0.25, -0.2) is 0 Å². The fraction of sp³-hybridized carbons (Fsp3) is 0.286. The number of anilines is 2. The minimum absolute atomic E-state index is 0.0499. The second-order valence-electron chi connectivity index (χ2n) is 4.19. The van der Waals surface area contributed by atoms with Crippen LogP contribution in [0.5, 0.6) is 0 Å². The van der Waals surface area contributed by atoms with E-state index in [4.69, 9.17) is 15.9 Å². The van der Waals surface area contributed by atoms with E-state index in [1.54, 1.807) is 11.3 Å². The maximum atomic E-state index is 9.16. The first kappa shape index (κ1) is 13.9. The van der Waals surface area contributed by atoms with Crippen molar-refractivity contribution in [2.75, 3.05) is 36.9 Å². The van der Waals surface area contributed by atoms with E-state index in [1.165, 1.54) is 0 Å². The van der Waals surface area contributed by atoms with Gasteiger partial charge in [-0.15, -0.1) is 11.3 Å². The molecule has 0 atom stereocenters. The fourth-order valence-corrected chi connectivity index (χ4v) is 2.80. The van der Waals surface area contributed by atoms with E-state index in [9.17, 15) is 0 Å². The summed E-state index contributed by atoms with van der Waals surface area (Å²) in [5.41, 5.74) is 8.60. The van der Waals surface area contributed by atoms with Gasteiger partial charge in [0.1, 0.15) is 0 Å². The Morgan fingerprint density at radius 2 is 1.84 bits per heavy atom. The standard InChI is InChI=1S/C14H18N2O2S/c15-11-3-4-13(16(5-7-17)6-8-18)12(10-11)14-2-1-9-19-14/h1-4,9-10,17-18H,5-8,15H2. The van der Waals surface area contributed by atoms with Crippen LogP contribution < -0.4 is 10.6 Å². The van der Waals surface area contributed by atoms with E-state index in [-0.39, 0.29) is 13.2 Å². The SMILES string of the molecule is Nc1ccc(N(CCO)CCO)c(-c2cccs2)c1. The topological polar surface area (TPSA) is 69.7 Å². The average Bonchev–Trinajstić information content (AvgIpc) is 2.92. The van der Waals surface area contributed by atoms with Crippen LogP contribution in [0.3, 0.4) is 0 Å². The quantitative estimate of drug-likeness (QED) is 0.705. The second-order valence-corrected chi connectivity index (χ2v) is 5.14. The predicted molar refractivity (Wildman–Crippen MR) is 80.6 cm³/mol. The Bertz CT molecular complexity index is 508. The highest BCUT2D eigenvalue weighted by Crippen LogP contribution is 2.35. The molecule has 0 spiro atoms. The first-order valence-corrected chi connectivity index (χ1v) is 7.04. The summed E-state index contributed by atoms with van der Waals surface area (Å²) >= 11 is 1.65. The van der Waals surface area contributed by atoms with E-state index in [1.807, 2.05) is 40.6 Å². The summed E-state index contributed by atoms with van der Waals surface area (Å²) in [7, 11) is 0. The Kier molecular flexibility index (Phi) is 4.79. The smallest absolute Gasteiger partial charge is 0.0606 e. The Morgan fingerprint density at radius 1 is 1.11 bits per heavy atom. The maximum absolute atomic E-state index is 9.16. The highest BCUT2D eigenvalue weighted by Gasteiger charge is 2.13. The van der Waals surface area contributed by atoms with Crippen molar-refractivity contribution in [2.24, 2.45) is 0 Å². The van der Waals surface area contributed by atoms with Crippen LogP contribution in [0, 0.1) is 0 Å². The molecule has 5 heteroatoms. The van der Waals surface area contributed by atoms with E-state index < -0.39 is 0 Å². The summed E-state index contributed by atoms with van der Waals surface area (Å²) in [6.45, 7) is 1.08. The number of hydrogen-bond donors (Lipinski definition) is 3. The molecule has 2 rings (SSSR count). The molecule has 0 bridgehead atoms. The van der Waals surface area contributed by atoms with Crippen molar-refractivity contribution < 1.29 is 10.2 Å². The predicted octanol–water partition coefficient (Wildman–Crippen LogP) is 1.79. The third kappa shape index (κ3) is 3.26. The van der Waals surface area contributed by atoms with Crippen molar-refractivity contribution in [1.29, 1.82) is 0 Å². The van der Waals surface area contributed by atoms with E-state index >= 15 is 0 Å². The summed E-state index contributed by atoms with van der Waals surface area (Å²) in [6.07, 6.45) is 0. The van der Waals surface area contributed by atoms with Gasteiger partial charge < -0.3 is 20.8 Å². The summed E-state index contributed by atoms with van der Waals surface area (Å²) in [4.78, 5) is 3.09. The van der Waals surface area contributed by atoms with Gasteiger partial charge >= 0.3 is 0 Å². The molecule has 4 N–H and O–H groups in total. The number of benzene rings is 1. The summed E-state index contributed by atoms with van der Waals surface area (Å²) in [6, 6.07) is 9.75. The minimum atomic E-state index is 0.0499. The second kappa shape index (κ2) is 6.56. The number of nitrogens with zero attached hydrogens (tertiary/aromatic N) is 1. The average molecular weight is 278 g/mol. The lowest BCUT2D eigenvalue weighted by atomic mass is 10.1. The highest BCUT2D eigenvalue weighted by molar-refractivity contribution is 7.13. The number of hydrogen-bond acceptors (Lipinski definition) is 5. The van der Waals surface area contributed by atoms with Crippen molar-refractivity contribution in [3.8, 4) is 10.4 Å². The molecule has 1 heterocycles. The zero-order chi connectivity index (χ0) is 13.7. The Balaban J connectivity index is 2.43. The van der Waals surface area contributed by atoms with Crippen LogP contribution in [0.4, 0.5) is 11.4 Å². The van der Waals surface area contributed by atoms with Crippen LogP contribution >= 0.6 is 11.3 Å². The number of rotatable bonds is 6. The number of thiophene rings is 1. The molecule has 0 aliphatic rings. The molecule has 1 aromatic carbocycles. The first-order chi connectivity index (χ1) is 9.26. The van der Waals surface area contributed by atoms with Crippen LogP contribution in [-0.2, 0) is 0 Å². The molecular weight excluding hydrogens is 260 g/mol. The molecule has 2 aromatic rings. The van der Waals surface area contributed by atoms with Gasteiger partial charge in [0.25, 0.3) is 0 Å². The Morgan fingerprint density at radius 3 is 2.42 bits per heavy atom. The van der Waals surface area contributed by atoms with Gasteiger partial charge in [0, 0.05) is 34.9 Å². The fourth-order valence-electron chi connectivity index (χ4n) is 2.05. The number of aliphatic hydroxyl groups is 2. The maximum Gasteiger partial charge on any atom is 0.0606 e. The van der Waals surface area contributed by atoms with E-state index in [0.29, 0.717) is 18.8 Å². The largest absolute Gasteiger partial charge is 0.399 e. The van der Waals surface area contributed by atoms with Gasteiger partial charge in [0.2, 0.25) is 0 Å². The van der Waals surface area contributed by atoms with Gasteiger partial charge in [0.05, 0.1) is 13.2 Å². The zero-order valence-corrected chi connectivity index (χ0v) is 11.4. The molecular formula is C14H18N2O2S. The number of aliphatic hydroxyl groups excluding tert-OH is 2. The summed E-state index contributed by atoms with van der Waals surface area (Å²) in [5, 5.41) is 20.3. The van der Waals surface area contributed by atoms with Gasteiger partial charge in [-0.3, -0.25) is 0 Å². The molecule has 0 aliphatic carbocycles. The van der Waals surface area contributed by atoms with Crippen LogP contribution in [0.1, 0.15) is 0 Å². The molecule has 19 heavy (non-hydrogen) atoms. The monoisotopic (exact) mass is 278 g/mol. The Labute approximate surface area is 116 Å². The van der Waals surface area contributed by atoms with Gasteiger partial charge in [-0.1, -0.05) is 6.07 Å². The van der Waals surface area contributed by atoms with Crippen molar-refractivity contribution in [2.45, 2.75) is 0 Å². The number of nitrogens with two attached hydrogens (primary N) is 1. The van der Waals surface area contributed by atoms with E-state index in [2.05, 4.69) is 0 Å².